The van der Waals surface area contributed by atoms with Crippen LogP contribution < -0.4 is 4.74 Å². The molecule has 6 aliphatic carbocycles. The first-order chi connectivity index (χ1) is 13.3. The van der Waals surface area contributed by atoms with Crippen molar-refractivity contribution in [2.75, 3.05) is 7.11 Å². The monoisotopic (exact) mass is 354 g/mol. The number of allylic oxidation sites excluding steroid dienone is 2. The lowest BCUT2D eigenvalue weighted by Crippen LogP contribution is -2.39. The highest BCUT2D eigenvalue weighted by Gasteiger charge is 2.70. The molecule has 0 spiro atoms. The fraction of sp³-hybridized carbons (Fsp3) is 0.538. The summed E-state index contributed by atoms with van der Waals surface area (Å²) in [7, 11) is 1.84. The Hall–Kier alpha value is -1.76. The molecule has 0 N–H and O–H groups in total. The minimum Gasteiger partial charge on any atom is -0.496 e. The molecule has 6 bridgehead atoms. The third-order valence-corrected chi connectivity index (χ3v) is 10.1. The van der Waals surface area contributed by atoms with Gasteiger partial charge >= 0.3 is 0 Å². The third kappa shape index (κ3) is 1.41. The first kappa shape index (κ1) is 14.3. The van der Waals surface area contributed by atoms with Crippen LogP contribution in [0.3, 0.4) is 0 Å². The summed E-state index contributed by atoms with van der Waals surface area (Å²) in [6, 6.07) is 11.4. The number of fused-ring (bicyclic) bond motifs is 21. The molecule has 136 valence electrons. The van der Waals surface area contributed by atoms with Crippen LogP contribution in [0.4, 0.5) is 0 Å². The summed E-state index contributed by atoms with van der Waals surface area (Å²) in [6.07, 6.45) is 9.66. The molecule has 10 atom stereocenters. The molecular weight excluding hydrogens is 328 g/mol. The topological polar surface area (TPSA) is 9.23 Å². The van der Waals surface area contributed by atoms with Crippen LogP contribution in [0.1, 0.15) is 42.2 Å². The number of ether oxygens (including phenoxy) is 1. The molecule has 0 radical (unpaired) electrons. The van der Waals surface area contributed by atoms with Crippen LogP contribution in [0.5, 0.6) is 5.75 Å². The molecule has 2 aromatic rings. The van der Waals surface area contributed by atoms with Crippen molar-refractivity contribution in [2.24, 2.45) is 47.3 Å². The van der Waals surface area contributed by atoms with Crippen molar-refractivity contribution >= 4 is 10.8 Å². The minimum absolute atomic E-state index is 0.800. The Morgan fingerprint density at radius 3 is 2.33 bits per heavy atom. The van der Waals surface area contributed by atoms with E-state index in [-0.39, 0.29) is 0 Å². The van der Waals surface area contributed by atoms with E-state index >= 15 is 0 Å². The van der Waals surface area contributed by atoms with Crippen molar-refractivity contribution in [1.82, 2.24) is 0 Å². The Balaban J connectivity index is 1.33. The minimum atomic E-state index is 0.800. The van der Waals surface area contributed by atoms with E-state index in [1.165, 1.54) is 23.6 Å². The molecule has 10 unspecified atom stereocenters. The van der Waals surface area contributed by atoms with Crippen molar-refractivity contribution in [1.29, 1.82) is 0 Å². The maximum absolute atomic E-state index is 5.83. The summed E-state index contributed by atoms with van der Waals surface area (Å²) < 4.78 is 5.83. The van der Waals surface area contributed by atoms with Gasteiger partial charge in [0.15, 0.2) is 0 Å². The maximum Gasteiger partial charge on any atom is 0.126 e. The fourth-order valence-electron chi connectivity index (χ4n) is 9.78. The second-order valence-corrected chi connectivity index (χ2v) is 10.4. The quantitative estimate of drug-likeness (QED) is 0.468. The molecule has 0 heterocycles. The summed E-state index contributed by atoms with van der Waals surface area (Å²) in [6.45, 7) is 0. The average Bonchev–Trinajstić information content (AvgIpc) is 3.51. The third-order valence-electron chi connectivity index (χ3n) is 10.1. The van der Waals surface area contributed by atoms with Gasteiger partial charge in [0, 0.05) is 5.39 Å². The summed E-state index contributed by atoms with van der Waals surface area (Å²) in [5.41, 5.74) is 3.39. The summed E-state index contributed by atoms with van der Waals surface area (Å²) >= 11 is 0. The first-order valence-corrected chi connectivity index (χ1v) is 11.1. The van der Waals surface area contributed by atoms with Gasteiger partial charge in [0.2, 0.25) is 0 Å². The van der Waals surface area contributed by atoms with Crippen LogP contribution in [-0.2, 0) is 0 Å². The molecule has 0 amide bonds. The zero-order valence-electron chi connectivity index (χ0n) is 15.8. The Kier molecular flexibility index (Phi) is 2.35. The second kappa shape index (κ2) is 4.45. The Morgan fingerprint density at radius 1 is 0.778 bits per heavy atom. The molecule has 0 saturated heterocycles. The molecule has 4 saturated carbocycles. The molecule has 4 fully saturated rings. The van der Waals surface area contributed by atoms with Gasteiger partial charge in [0.1, 0.15) is 5.75 Å². The molecular formula is C26H26O. The van der Waals surface area contributed by atoms with Crippen LogP contribution in [0.15, 0.2) is 42.5 Å². The lowest BCUT2D eigenvalue weighted by atomic mass is 9.60. The van der Waals surface area contributed by atoms with Gasteiger partial charge in [-0.1, -0.05) is 36.4 Å². The fourth-order valence-corrected chi connectivity index (χ4v) is 9.78. The standard InChI is InChI=1S/C26H26O/c1-27-20-4-2-3-12-7-8-15-16-10-19(24(15)23(12)20)26-18-11-17(25(16)26)21-13-5-6-14(9-13)22(18)21/h2-8,13-14,16-19,21-22,25-26H,9-11H2,1H3. The van der Waals surface area contributed by atoms with E-state index in [0.717, 1.165) is 64.9 Å². The van der Waals surface area contributed by atoms with E-state index in [1.54, 1.807) is 17.5 Å². The van der Waals surface area contributed by atoms with Gasteiger partial charge in [-0.25, -0.2) is 0 Å². The number of benzene rings is 2. The van der Waals surface area contributed by atoms with Gasteiger partial charge in [-0.3, -0.25) is 0 Å². The Labute approximate surface area is 160 Å². The van der Waals surface area contributed by atoms with E-state index in [9.17, 15) is 0 Å². The van der Waals surface area contributed by atoms with Crippen LogP contribution in [-0.4, -0.2) is 7.11 Å². The van der Waals surface area contributed by atoms with Gasteiger partial charge in [-0.2, -0.15) is 0 Å². The Morgan fingerprint density at radius 2 is 1.56 bits per heavy atom. The SMILES string of the molecule is COc1cccc2ccc3c(c12)C1CC3C2C3CC(C4C5C=CC(C5)C34)C12. The molecule has 27 heavy (non-hydrogen) atoms. The average molecular weight is 354 g/mol. The highest BCUT2D eigenvalue weighted by Crippen LogP contribution is 2.78. The zero-order valence-corrected chi connectivity index (χ0v) is 15.8. The van der Waals surface area contributed by atoms with Gasteiger partial charge in [0.25, 0.3) is 0 Å². The van der Waals surface area contributed by atoms with E-state index < -0.39 is 0 Å². The van der Waals surface area contributed by atoms with Crippen molar-refractivity contribution in [3.63, 3.8) is 0 Å². The van der Waals surface area contributed by atoms with Crippen LogP contribution in [0.25, 0.3) is 10.8 Å². The smallest absolute Gasteiger partial charge is 0.126 e. The van der Waals surface area contributed by atoms with Gasteiger partial charge in [0.05, 0.1) is 7.11 Å². The number of hydrogen-bond donors (Lipinski definition) is 0. The van der Waals surface area contributed by atoms with Crippen molar-refractivity contribution in [3.05, 3.63) is 53.6 Å². The molecule has 1 heteroatoms. The number of rotatable bonds is 1. The van der Waals surface area contributed by atoms with Crippen molar-refractivity contribution in [3.8, 4) is 5.75 Å². The van der Waals surface area contributed by atoms with E-state index in [2.05, 4.69) is 42.5 Å². The molecule has 0 aliphatic heterocycles. The second-order valence-electron chi connectivity index (χ2n) is 10.4. The molecule has 0 aromatic heterocycles. The molecule has 1 nitrogen and oxygen atoms in total. The lowest BCUT2D eigenvalue weighted by Gasteiger charge is -2.44. The molecule has 8 rings (SSSR count). The molecule has 6 aliphatic rings. The van der Waals surface area contributed by atoms with Crippen LogP contribution in [0, 0.1) is 47.3 Å². The highest BCUT2D eigenvalue weighted by atomic mass is 16.5. The van der Waals surface area contributed by atoms with Crippen molar-refractivity contribution < 1.29 is 4.74 Å². The highest BCUT2D eigenvalue weighted by molar-refractivity contribution is 5.93. The molecule has 2 aromatic carbocycles. The predicted octanol–water partition coefficient (Wildman–Crippen LogP) is 5.75. The van der Waals surface area contributed by atoms with E-state index in [0.29, 0.717) is 0 Å². The summed E-state index contributed by atoms with van der Waals surface area (Å²) in [4.78, 5) is 0. The van der Waals surface area contributed by atoms with E-state index in [4.69, 9.17) is 4.74 Å². The normalized spacial score (nSPS) is 49.1. The number of hydrogen-bond acceptors (Lipinski definition) is 1. The van der Waals surface area contributed by atoms with Gasteiger partial charge < -0.3 is 4.74 Å². The zero-order chi connectivity index (χ0) is 17.4. The predicted molar refractivity (Wildman–Crippen MR) is 107 cm³/mol. The Bertz CT molecular complexity index is 1030. The van der Waals surface area contributed by atoms with Gasteiger partial charge in [-0.05, 0) is 101 Å². The van der Waals surface area contributed by atoms with E-state index in [1.807, 2.05) is 7.11 Å². The first-order valence-electron chi connectivity index (χ1n) is 11.1. The lowest BCUT2D eigenvalue weighted by molar-refractivity contribution is 0.0884. The number of methoxy groups -OCH3 is 1. The maximum atomic E-state index is 5.83. The van der Waals surface area contributed by atoms with Crippen molar-refractivity contribution in [2.45, 2.75) is 31.1 Å². The summed E-state index contributed by atoms with van der Waals surface area (Å²) in [5, 5.41) is 2.82. The van der Waals surface area contributed by atoms with Crippen LogP contribution >= 0.6 is 0 Å². The summed E-state index contributed by atoms with van der Waals surface area (Å²) in [5.74, 6) is 10.7. The largest absolute Gasteiger partial charge is 0.496 e. The van der Waals surface area contributed by atoms with Crippen LogP contribution in [0.2, 0.25) is 0 Å². The van der Waals surface area contributed by atoms with Gasteiger partial charge in [-0.15, -0.1) is 0 Å².